The van der Waals surface area contributed by atoms with E-state index in [0.717, 1.165) is 11.1 Å². The summed E-state index contributed by atoms with van der Waals surface area (Å²) in [5.74, 6) is -0.174. The molecule has 0 bridgehead atoms. The van der Waals surface area contributed by atoms with Gasteiger partial charge in [-0.1, -0.05) is 0 Å². The molecule has 4 aromatic rings. The summed E-state index contributed by atoms with van der Waals surface area (Å²) in [5, 5.41) is 18.1. The van der Waals surface area contributed by atoms with Crippen LogP contribution in [-0.2, 0) is 11.8 Å². The average Bonchev–Trinajstić information content (AvgIpc) is 3.44. The number of aromatic nitrogens is 5. The minimum Gasteiger partial charge on any atom is -0.351 e. The molecular weight excluding hydrogens is 423 g/mol. The fourth-order valence-electron chi connectivity index (χ4n) is 4.20. The van der Waals surface area contributed by atoms with E-state index in [1.807, 2.05) is 30.4 Å². The summed E-state index contributed by atoms with van der Waals surface area (Å²) < 4.78 is 18.6. The topological polar surface area (TPSA) is 95.3 Å². The molecule has 4 aromatic heterocycles. The number of carbonyl (C=O) groups is 1. The lowest BCUT2D eigenvalue weighted by molar-refractivity contribution is -0.129. The van der Waals surface area contributed by atoms with Gasteiger partial charge in [-0.3, -0.25) is 9.48 Å². The first kappa shape index (κ1) is 20.6. The molecule has 10 heteroatoms. The summed E-state index contributed by atoms with van der Waals surface area (Å²) in [6.45, 7) is 3.64. The van der Waals surface area contributed by atoms with Gasteiger partial charge in [0, 0.05) is 81.0 Å². The van der Waals surface area contributed by atoms with Crippen molar-refractivity contribution in [2.45, 2.75) is 6.92 Å². The van der Waals surface area contributed by atoms with Crippen molar-refractivity contribution in [3.63, 3.8) is 0 Å². The van der Waals surface area contributed by atoms with Gasteiger partial charge in [0.2, 0.25) is 5.91 Å². The van der Waals surface area contributed by atoms with E-state index < -0.39 is 5.82 Å². The summed E-state index contributed by atoms with van der Waals surface area (Å²) in [6.07, 6.45) is 8.55. The molecule has 1 aliphatic rings. The van der Waals surface area contributed by atoms with E-state index in [1.54, 1.807) is 26.5 Å². The van der Waals surface area contributed by atoms with Crippen molar-refractivity contribution >= 4 is 17.2 Å². The number of aryl methyl sites for hydroxylation is 1. The Balaban J connectivity index is 1.56. The molecule has 0 unspecified atom stereocenters. The number of anilines is 1. The Labute approximate surface area is 189 Å². The molecule has 0 aliphatic carbocycles. The summed E-state index contributed by atoms with van der Waals surface area (Å²) >= 11 is 0. The van der Waals surface area contributed by atoms with Gasteiger partial charge in [0.1, 0.15) is 6.07 Å². The fourth-order valence-corrected chi connectivity index (χ4v) is 4.20. The van der Waals surface area contributed by atoms with E-state index in [0.29, 0.717) is 48.4 Å². The highest BCUT2D eigenvalue weighted by Crippen LogP contribution is 2.33. The zero-order valence-electron chi connectivity index (χ0n) is 18.2. The van der Waals surface area contributed by atoms with Gasteiger partial charge < -0.3 is 9.80 Å². The predicted octanol–water partition coefficient (Wildman–Crippen LogP) is 2.48. The molecule has 0 N–H and O–H groups in total. The van der Waals surface area contributed by atoms with Crippen molar-refractivity contribution in [3.05, 3.63) is 54.5 Å². The van der Waals surface area contributed by atoms with Crippen molar-refractivity contribution in [3.8, 4) is 28.3 Å². The largest absolute Gasteiger partial charge is 0.351 e. The first-order chi connectivity index (χ1) is 15.9. The quantitative estimate of drug-likeness (QED) is 0.482. The lowest BCUT2D eigenvalue weighted by Crippen LogP contribution is -2.48. The highest BCUT2D eigenvalue weighted by atomic mass is 19.1. The van der Waals surface area contributed by atoms with Crippen molar-refractivity contribution in [1.82, 2.24) is 29.3 Å². The molecule has 1 saturated heterocycles. The number of hydrogen-bond donors (Lipinski definition) is 0. The second kappa shape index (κ2) is 8.02. The number of nitrogens with zero attached hydrogens (tertiary/aromatic N) is 8. The number of fused-ring (bicyclic) bond motifs is 1. The Kier molecular flexibility index (Phi) is 5.01. The second-order valence-electron chi connectivity index (χ2n) is 8.03. The molecule has 5 heterocycles. The molecule has 166 valence electrons. The van der Waals surface area contributed by atoms with Crippen LogP contribution in [0.25, 0.3) is 27.8 Å². The standard InChI is InChI=1S/C23H21FN8O/c1-15(33)30-3-5-31(6-4-30)23-21(24)8-16(10-26-23)20-7-17(19-12-27-29(2)13-19)14-32-22(20)18(9-25)11-28-32/h7-8,10-14H,3-6H2,1-2H3. The van der Waals surface area contributed by atoms with Crippen LogP contribution in [0.1, 0.15) is 12.5 Å². The third-order valence-electron chi connectivity index (χ3n) is 5.93. The van der Waals surface area contributed by atoms with Gasteiger partial charge in [0.15, 0.2) is 11.6 Å². The van der Waals surface area contributed by atoms with Gasteiger partial charge in [-0.05, 0) is 12.1 Å². The summed E-state index contributed by atoms with van der Waals surface area (Å²) in [7, 11) is 1.83. The molecule has 9 nitrogen and oxygen atoms in total. The van der Waals surface area contributed by atoms with Crippen molar-refractivity contribution in [2.24, 2.45) is 7.05 Å². The number of nitriles is 1. The second-order valence-corrected chi connectivity index (χ2v) is 8.03. The molecule has 5 rings (SSSR count). The van der Waals surface area contributed by atoms with Gasteiger partial charge in [-0.15, -0.1) is 0 Å². The maximum atomic E-state index is 15.2. The normalized spacial score (nSPS) is 14.0. The zero-order chi connectivity index (χ0) is 23.1. The van der Waals surface area contributed by atoms with Gasteiger partial charge in [-0.2, -0.15) is 15.5 Å². The van der Waals surface area contributed by atoms with E-state index in [1.165, 1.54) is 19.2 Å². The number of rotatable bonds is 3. The van der Waals surface area contributed by atoms with Gasteiger partial charge in [0.25, 0.3) is 0 Å². The Morgan fingerprint density at radius 2 is 1.82 bits per heavy atom. The fraction of sp³-hybridized carbons (Fsp3) is 0.261. The molecule has 1 amide bonds. The van der Waals surface area contributed by atoms with Crippen LogP contribution in [0.4, 0.5) is 10.2 Å². The van der Waals surface area contributed by atoms with Crippen molar-refractivity contribution in [2.75, 3.05) is 31.1 Å². The Morgan fingerprint density at radius 1 is 1.03 bits per heavy atom. The molecule has 0 spiro atoms. The molecule has 33 heavy (non-hydrogen) atoms. The molecule has 1 fully saturated rings. The molecule has 0 atom stereocenters. The molecular formula is C23H21FN8O. The molecule has 0 radical (unpaired) electrons. The van der Waals surface area contributed by atoms with Gasteiger partial charge in [-0.25, -0.2) is 13.9 Å². The minimum absolute atomic E-state index is 0.0186. The van der Waals surface area contributed by atoms with Crippen LogP contribution >= 0.6 is 0 Å². The number of carbonyl (C=O) groups excluding carboxylic acids is 1. The Hall–Kier alpha value is -4.26. The monoisotopic (exact) mass is 444 g/mol. The van der Waals surface area contributed by atoms with Gasteiger partial charge >= 0.3 is 0 Å². The van der Waals surface area contributed by atoms with Crippen molar-refractivity contribution < 1.29 is 9.18 Å². The SMILES string of the molecule is CC(=O)N1CCN(c2ncc(-c3cc(-c4cnn(C)c4)cn4ncc(C#N)c34)cc2F)CC1. The average molecular weight is 444 g/mol. The van der Waals surface area contributed by atoms with E-state index in [-0.39, 0.29) is 11.7 Å². The van der Waals surface area contributed by atoms with Crippen LogP contribution in [0, 0.1) is 17.1 Å². The third-order valence-corrected chi connectivity index (χ3v) is 5.93. The lowest BCUT2D eigenvalue weighted by Gasteiger charge is -2.35. The number of halogens is 1. The predicted molar refractivity (Wildman–Crippen MR) is 120 cm³/mol. The maximum absolute atomic E-state index is 15.2. The highest BCUT2D eigenvalue weighted by molar-refractivity contribution is 5.87. The van der Waals surface area contributed by atoms with Crippen LogP contribution < -0.4 is 4.90 Å². The summed E-state index contributed by atoms with van der Waals surface area (Å²) in [6, 6.07) is 5.50. The Bertz CT molecular complexity index is 1410. The number of piperazine rings is 1. The lowest BCUT2D eigenvalue weighted by atomic mass is 10.0. The highest BCUT2D eigenvalue weighted by Gasteiger charge is 2.23. The summed E-state index contributed by atoms with van der Waals surface area (Å²) in [5.41, 5.74) is 3.91. The van der Waals surface area contributed by atoms with Crippen LogP contribution in [-0.4, -0.2) is 61.4 Å². The maximum Gasteiger partial charge on any atom is 0.219 e. The van der Waals surface area contributed by atoms with E-state index in [4.69, 9.17) is 0 Å². The number of hydrogen-bond acceptors (Lipinski definition) is 6. The molecule has 0 saturated carbocycles. The van der Waals surface area contributed by atoms with Crippen LogP contribution in [0.3, 0.4) is 0 Å². The third kappa shape index (κ3) is 3.67. The van der Waals surface area contributed by atoms with Crippen LogP contribution in [0.15, 0.2) is 43.1 Å². The first-order valence-electron chi connectivity index (χ1n) is 10.5. The molecule has 0 aromatic carbocycles. The van der Waals surface area contributed by atoms with Gasteiger partial charge in [0.05, 0.1) is 23.5 Å². The van der Waals surface area contributed by atoms with Crippen molar-refractivity contribution in [1.29, 1.82) is 5.26 Å². The van der Waals surface area contributed by atoms with E-state index in [9.17, 15) is 10.1 Å². The minimum atomic E-state index is -0.452. The van der Waals surface area contributed by atoms with E-state index in [2.05, 4.69) is 21.3 Å². The number of amides is 1. The zero-order valence-corrected chi connectivity index (χ0v) is 18.2. The van der Waals surface area contributed by atoms with Crippen LogP contribution in [0.5, 0.6) is 0 Å². The number of pyridine rings is 2. The Morgan fingerprint density at radius 3 is 2.45 bits per heavy atom. The molecule has 1 aliphatic heterocycles. The first-order valence-corrected chi connectivity index (χ1v) is 10.5. The van der Waals surface area contributed by atoms with E-state index >= 15 is 4.39 Å². The van der Waals surface area contributed by atoms with Crippen LogP contribution in [0.2, 0.25) is 0 Å². The smallest absolute Gasteiger partial charge is 0.219 e. The summed E-state index contributed by atoms with van der Waals surface area (Å²) in [4.78, 5) is 19.6.